The normalized spacial score (nSPS) is 23.0. The van der Waals surface area contributed by atoms with Gasteiger partial charge < -0.3 is 37.9 Å². The van der Waals surface area contributed by atoms with Gasteiger partial charge in [-0.15, -0.1) is 0 Å². The summed E-state index contributed by atoms with van der Waals surface area (Å²) >= 11 is 0. The van der Waals surface area contributed by atoms with Crippen LogP contribution in [-0.4, -0.2) is 106 Å². The smallest absolute Gasteiger partial charge is 0.377 e. The van der Waals surface area contributed by atoms with Crippen LogP contribution in [0.1, 0.15) is 0 Å². The van der Waals surface area contributed by atoms with E-state index < -0.39 is 0 Å². The molecule has 0 unspecified atom stereocenters. The summed E-state index contributed by atoms with van der Waals surface area (Å²) in [6, 6.07) is 0. The zero-order valence-electron chi connectivity index (χ0n) is 15.6. The number of rotatable bonds is 0. The Morgan fingerprint density at radius 1 is 0.200 bits per heavy atom. The summed E-state index contributed by atoms with van der Waals surface area (Å²) < 4.78 is 41.7. The van der Waals surface area contributed by atoms with Gasteiger partial charge in [0, 0.05) is 0 Å². The molecule has 2 heterocycles. The monoisotopic (exact) mass is 375 g/mol. The van der Waals surface area contributed by atoms with E-state index in [1.54, 1.807) is 0 Å². The third kappa shape index (κ3) is 20.8. The molecule has 0 saturated carbocycles. The second kappa shape index (κ2) is 22.7. The molecule has 0 aromatic carbocycles. The first-order chi connectivity index (χ1) is 12.0. The first kappa shape index (κ1) is 25.7. The Labute approximate surface area is 173 Å². The molecule has 0 N–H and O–H groups in total. The number of hydrogen-bond donors (Lipinski definition) is 0. The van der Waals surface area contributed by atoms with Gasteiger partial charge in [-0.3, -0.25) is 0 Å². The molecule has 0 amide bonds. The summed E-state index contributed by atoms with van der Waals surface area (Å²) in [5.74, 6) is 0. The van der Waals surface area contributed by atoms with E-state index in [9.17, 15) is 0 Å². The van der Waals surface area contributed by atoms with Crippen LogP contribution in [0, 0.1) is 0 Å². The Hall–Kier alpha value is 0.680. The third-order valence-electron chi connectivity index (χ3n) is 2.98. The molecule has 25 heavy (non-hydrogen) atoms. The molecule has 8 nitrogen and oxygen atoms in total. The fraction of sp³-hybridized carbons (Fsp3) is 1.00. The molecule has 0 atom stereocenters. The third-order valence-corrected chi connectivity index (χ3v) is 2.98. The van der Waals surface area contributed by atoms with Gasteiger partial charge in [-0.05, 0) is 0 Å². The molecule has 0 spiro atoms. The van der Waals surface area contributed by atoms with Crippen molar-refractivity contribution in [2.75, 3.05) is 106 Å². The van der Waals surface area contributed by atoms with E-state index in [1.807, 2.05) is 0 Å². The molecular formula is C16H32NaO8+. The zero-order chi connectivity index (χ0) is 17.0. The van der Waals surface area contributed by atoms with Crippen molar-refractivity contribution in [3.8, 4) is 0 Å². The molecule has 0 aromatic rings. The summed E-state index contributed by atoms with van der Waals surface area (Å²) in [6.07, 6.45) is 0. The molecule has 2 rings (SSSR count). The molecule has 0 radical (unpaired) electrons. The average molecular weight is 375 g/mol. The molecule has 144 valence electrons. The number of hydrogen-bond acceptors (Lipinski definition) is 8. The Morgan fingerprint density at radius 3 is 0.360 bits per heavy atom. The zero-order valence-corrected chi connectivity index (χ0v) is 17.6. The predicted molar refractivity (Wildman–Crippen MR) is 86.6 cm³/mol. The van der Waals surface area contributed by atoms with Gasteiger partial charge in [0.05, 0.1) is 106 Å². The van der Waals surface area contributed by atoms with E-state index in [-0.39, 0.29) is 29.6 Å². The quantitative estimate of drug-likeness (QED) is 0.419. The second-order valence-corrected chi connectivity index (χ2v) is 4.90. The Morgan fingerprint density at radius 2 is 0.280 bits per heavy atom. The predicted octanol–water partition coefficient (Wildman–Crippen LogP) is -2.86. The van der Waals surface area contributed by atoms with E-state index in [4.69, 9.17) is 37.9 Å². The minimum Gasteiger partial charge on any atom is -0.377 e. The van der Waals surface area contributed by atoms with Gasteiger partial charge in [0.1, 0.15) is 0 Å². The van der Waals surface area contributed by atoms with Gasteiger partial charge in [0.2, 0.25) is 0 Å². The van der Waals surface area contributed by atoms with Crippen LogP contribution < -0.4 is 29.6 Å². The Balaban J connectivity index is 0.000000443. The van der Waals surface area contributed by atoms with Crippen molar-refractivity contribution < 1.29 is 67.5 Å². The fourth-order valence-electron chi connectivity index (χ4n) is 1.76. The van der Waals surface area contributed by atoms with Gasteiger partial charge in [-0.2, -0.15) is 0 Å². The van der Waals surface area contributed by atoms with Crippen LogP contribution in [0.25, 0.3) is 0 Å². The van der Waals surface area contributed by atoms with E-state index in [1.165, 1.54) is 0 Å². The van der Waals surface area contributed by atoms with Crippen molar-refractivity contribution in [1.29, 1.82) is 0 Å². The van der Waals surface area contributed by atoms with Crippen molar-refractivity contribution >= 4 is 0 Å². The standard InChI is InChI=1S/2C8H16O4.Na/c2*1-2-10-5-6-12-8-7-11-4-3-9-1;/h2*1-8H2;/q;;+1. The van der Waals surface area contributed by atoms with Crippen LogP contribution in [0.5, 0.6) is 0 Å². The van der Waals surface area contributed by atoms with Crippen molar-refractivity contribution in [3.63, 3.8) is 0 Å². The molecular weight excluding hydrogens is 343 g/mol. The maximum Gasteiger partial charge on any atom is 1.00 e. The molecule has 2 fully saturated rings. The summed E-state index contributed by atoms with van der Waals surface area (Å²) in [7, 11) is 0. The molecule has 0 aromatic heterocycles. The molecule has 0 bridgehead atoms. The van der Waals surface area contributed by atoms with Gasteiger partial charge in [0.25, 0.3) is 0 Å². The SMILES string of the molecule is C1COCCOCCOCCO1.C1COCCOCCOCCO1.[Na+]. The molecule has 2 aliphatic heterocycles. The van der Waals surface area contributed by atoms with Crippen LogP contribution in [-0.2, 0) is 37.9 Å². The van der Waals surface area contributed by atoms with E-state index in [0.29, 0.717) is 106 Å². The minimum atomic E-state index is 0. The second-order valence-electron chi connectivity index (χ2n) is 4.90. The van der Waals surface area contributed by atoms with Gasteiger partial charge in [-0.25, -0.2) is 0 Å². The fourth-order valence-corrected chi connectivity index (χ4v) is 1.76. The van der Waals surface area contributed by atoms with Crippen LogP contribution in [0.4, 0.5) is 0 Å². The van der Waals surface area contributed by atoms with Gasteiger partial charge in [0.15, 0.2) is 0 Å². The first-order valence-electron chi connectivity index (χ1n) is 8.62. The molecule has 0 aliphatic carbocycles. The Kier molecular flexibility index (Phi) is 23.3. The summed E-state index contributed by atoms with van der Waals surface area (Å²) in [5, 5.41) is 0. The van der Waals surface area contributed by atoms with Crippen LogP contribution in [0.15, 0.2) is 0 Å². The molecule has 2 saturated heterocycles. The maximum atomic E-state index is 5.22. The molecule has 2 aliphatic rings. The van der Waals surface area contributed by atoms with Crippen molar-refractivity contribution in [2.45, 2.75) is 0 Å². The Bertz CT molecular complexity index is 138. The van der Waals surface area contributed by atoms with Crippen LogP contribution in [0.3, 0.4) is 0 Å². The van der Waals surface area contributed by atoms with Crippen molar-refractivity contribution in [1.82, 2.24) is 0 Å². The summed E-state index contributed by atoms with van der Waals surface area (Å²) in [5.41, 5.74) is 0. The largest absolute Gasteiger partial charge is 1.00 e. The minimum absolute atomic E-state index is 0. The van der Waals surface area contributed by atoms with Gasteiger partial charge in [-0.1, -0.05) is 0 Å². The van der Waals surface area contributed by atoms with E-state index >= 15 is 0 Å². The summed E-state index contributed by atoms with van der Waals surface area (Å²) in [6.45, 7) is 10.3. The van der Waals surface area contributed by atoms with E-state index in [2.05, 4.69) is 0 Å². The first-order valence-corrected chi connectivity index (χ1v) is 8.62. The number of ether oxygens (including phenoxy) is 8. The summed E-state index contributed by atoms with van der Waals surface area (Å²) in [4.78, 5) is 0. The van der Waals surface area contributed by atoms with Crippen molar-refractivity contribution in [2.24, 2.45) is 0 Å². The van der Waals surface area contributed by atoms with Crippen molar-refractivity contribution in [3.05, 3.63) is 0 Å². The average Bonchev–Trinajstić information content (AvgIpc) is 2.56. The van der Waals surface area contributed by atoms with E-state index in [0.717, 1.165) is 0 Å². The van der Waals surface area contributed by atoms with Gasteiger partial charge >= 0.3 is 29.6 Å². The maximum absolute atomic E-state index is 5.22. The van der Waals surface area contributed by atoms with Crippen LogP contribution in [0.2, 0.25) is 0 Å². The molecule has 9 heteroatoms. The topological polar surface area (TPSA) is 73.8 Å². The van der Waals surface area contributed by atoms with Crippen LogP contribution >= 0.6 is 0 Å².